The topological polar surface area (TPSA) is 95.9 Å². The molecule has 1 aliphatic heterocycles. The first-order chi connectivity index (χ1) is 14.5. The number of aliphatic hydroxyl groups is 1. The van der Waals surface area contributed by atoms with Crippen LogP contribution in [-0.2, 0) is 16.0 Å². The Morgan fingerprint density at radius 1 is 1.17 bits per heavy atom. The van der Waals surface area contributed by atoms with Crippen LogP contribution >= 0.6 is 11.8 Å². The number of hydrogen-bond donors (Lipinski definition) is 2. The Morgan fingerprint density at radius 3 is 2.50 bits per heavy atom. The number of nitrogens with zero attached hydrogens (tertiary/aromatic N) is 1. The van der Waals surface area contributed by atoms with Gasteiger partial charge in [-0.3, -0.25) is 19.3 Å². The van der Waals surface area contributed by atoms with E-state index in [1.54, 1.807) is 37.5 Å². The Bertz CT molecular complexity index is 944. The molecular formula is C22H22N2O5S. The van der Waals surface area contributed by atoms with Gasteiger partial charge in [-0.25, -0.2) is 0 Å². The Kier molecular flexibility index (Phi) is 7.26. The highest BCUT2D eigenvalue weighted by atomic mass is 32.2. The minimum atomic E-state index is -0.514. The number of rotatable bonds is 8. The number of carbonyl (C=O) groups is 3. The standard InChI is InChI=1S/C22H22N2O5S/c1-29-18-9-7-16(8-10-18)12-19-21(27)24(22(28)30-19)13-20(26)23-17(14-25)11-15-5-3-2-4-6-15/h2-10,12,17,25H,11,13-14H2,1H3,(H,23,26)/t17-/m1/s1. The third-order valence-corrected chi connectivity index (χ3v) is 5.41. The largest absolute Gasteiger partial charge is 0.497 e. The molecule has 156 valence electrons. The van der Waals surface area contributed by atoms with E-state index in [0.717, 1.165) is 27.8 Å². The van der Waals surface area contributed by atoms with Crippen LogP contribution < -0.4 is 10.1 Å². The Balaban J connectivity index is 1.61. The zero-order valence-corrected chi connectivity index (χ0v) is 17.2. The van der Waals surface area contributed by atoms with E-state index in [4.69, 9.17) is 4.74 Å². The van der Waals surface area contributed by atoms with Crippen molar-refractivity contribution in [1.82, 2.24) is 10.2 Å². The fraction of sp³-hybridized carbons (Fsp3) is 0.227. The molecule has 2 aromatic rings. The first-order valence-electron chi connectivity index (χ1n) is 9.33. The van der Waals surface area contributed by atoms with Gasteiger partial charge in [0, 0.05) is 0 Å². The lowest BCUT2D eigenvalue weighted by Crippen LogP contribution is -2.45. The zero-order chi connectivity index (χ0) is 21.5. The van der Waals surface area contributed by atoms with Crippen LogP contribution in [0.5, 0.6) is 5.75 Å². The monoisotopic (exact) mass is 426 g/mol. The number of ether oxygens (including phenoxy) is 1. The number of carbonyl (C=O) groups excluding carboxylic acids is 3. The number of amides is 3. The molecule has 1 heterocycles. The van der Waals surface area contributed by atoms with E-state index in [1.807, 2.05) is 30.3 Å². The molecular weight excluding hydrogens is 404 g/mol. The SMILES string of the molecule is COc1ccc(C=C2SC(=O)N(CC(=O)N[C@@H](CO)Cc3ccccc3)C2=O)cc1. The quantitative estimate of drug-likeness (QED) is 0.630. The van der Waals surface area contributed by atoms with E-state index in [2.05, 4.69) is 5.32 Å². The smallest absolute Gasteiger partial charge is 0.294 e. The van der Waals surface area contributed by atoms with E-state index >= 15 is 0 Å². The second kappa shape index (κ2) is 10.1. The lowest BCUT2D eigenvalue weighted by Gasteiger charge is -2.18. The van der Waals surface area contributed by atoms with Crippen LogP contribution in [0.1, 0.15) is 11.1 Å². The molecule has 3 amide bonds. The first kappa shape index (κ1) is 21.6. The molecule has 2 N–H and O–H groups in total. The van der Waals surface area contributed by atoms with Crippen molar-refractivity contribution in [3.8, 4) is 5.75 Å². The van der Waals surface area contributed by atoms with E-state index in [-0.39, 0.29) is 11.5 Å². The number of hydrogen-bond acceptors (Lipinski definition) is 6. The van der Waals surface area contributed by atoms with Gasteiger partial charge >= 0.3 is 0 Å². The molecule has 7 nitrogen and oxygen atoms in total. The van der Waals surface area contributed by atoms with Gasteiger partial charge in [0.05, 0.1) is 24.7 Å². The fourth-order valence-corrected chi connectivity index (χ4v) is 3.80. The number of aliphatic hydroxyl groups excluding tert-OH is 1. The zero-order valence-electron chi connectivity index (χ0n) is 16.4. The minimum Gasteiger partial charge on any atom is -0.497 e. The molecule has 0 radical (unpaired) electrons. The lowest BCUT2D eigenvalue weighted by atomic mass is 10.1. The van der Waals surface area contributed by atoms with Crippen LogP contribution in [0.3, 0.4) is 0 Å². The molecule has 2 aromatic carbocycles. The van der Waals surface area contributed by atoms with Crippen LogP contribution in [0.15, 0.2) is 59.5 Å². The molecule has 1 atom stereocenters. The van der Waals surface area contributed by atoms with Gasteiger partial charge in [0.25, 0.3) is 11.1 Å². The summed E-state index contributed by atoms with van der Waals surface area (Å²) in [6.45, 7) is -0.643. The van der Waals surface area contributed by atoms with Crippen molar-refractivity contribution in [2.45, 2.75) is 12.5 Å². The summed E-state index contributed by atoms with van der Waals surface area (Å²) < 4.78 is 5.10. The van der Waals surface area contributed by atoms with Crippen molar-refractivity contribution >= 4 is 34.9 Å². The Hall–Kier alpha value is -3.10. The number of methoxy groups -OCH3 is 1. The maximum Gasteiger partial charge on any atom is 0.294 e. The number of thioether (sulfide) groups is 1. The molecule has 0 aliphatic carbocycles. The van der Waals surface area contributed by atoms with Crippen LogP contribution in [0.25, 0.3) is 6.08 Å². The molecule has 3 rings (SSSR count). The van der Waals surface area contributed by atoms with Gasteiger partial charge < -0.3 is 15.2 Å². The summed E-state index contributed by atoms with van der Waals surface area (Å²) in [7, 11) is 1.56. The normalized spacial score (nSPS) is 16.1. The molecule has 0 saturated carbocycles. The molecule has 1 fully saturated rings. The van der Waals surface area contributed by atoms with E-state index in [1.165, 1.54) is 0 Å². The molecule has 1 aliphatic rings. The molecule has 0 unspecified atom stereocenters. The van der Waals surface area contributed by atoms with Gasteiger partial charge in [-0.2, -0.15) is 0 Å². The number of nitrogens with one attached hydrogen (secondary N) is 1. The van der Waals surface area contributed by atoms with Crippen LogP contribution in [0.2, 0.25) is 0 Å². The van der Waals surface area contributed by atoms with E-state index in [0.29, 0.717) is 12.2 Å². The van der Waals surface area contributed by atoms with Crippen molar-refractivity contribution in [1.29, 1.82) is 0 Å². The van der Waals surface area contributed by atoms with Crippen LogP contribution in [-0.4, -0.2) is 53.4 Å². The summed E-state index contributed by atoms with van der Waals surface area (Å²) in [5, 5.41) is 11.7. The van der Waals surface area contributed by atoms with Crippen molar-refractivity contribution in [2.75, 3.05) is 20.3 Å². The average molecular weight is 426 g/mol. The highest BCUT2D eigenvalue weighted by Crippen LogP contribution is 2.32. The maximum atomic E-state index is 12.6. The third kappa shape index (κ3) is 5.49. The second-order valence-electron chi connectivity index (χ2n) is 6.68. The highest BCUT2D eigenvalue weighted by Gasteiger charge is 2.36. The van der Waals surface area contributed by atoms with Crippen molar-refractivity contribution in [3.05, 3.63) is 70.6 Å². The average Bonchev–Trinajstić information content (AvgIpc) is 3.01. The minimum absolute atomic E-state index is 0.250. The summed E-state index contributed by atoms with van der Waals surface area (Å²) in [5.41, 5.74) is 1.71. The predicted octanol–water partition coefficient (Wildman–Crippen LogP) is 2.45. The lowest BCUT2D eigenvalue weighted by molar-refractivity contribution is -0.129. The van der Waals surface area contributed by atoms with Gasteiger partial charge in [0.15, 0.2) is 0 Å². The number of imide groups is 1. The number of benzene rings is 2. The fourth-order valence-electron chi connectivity index (χ4n) is 2.96. The van der Waals surface area contributed by atoms with Gasteiger partial charge in [-0.1, -0.05) is 42.5 Å². The summed E-state index contributed by atoms with van der Waals surface area (Å²) in [5.74, 6) is -0.330. The van der Waals surface area contributed by atoms with Crippen molar-refractivity contribution in [3.63, 3.8) is 0 Å². The third-order valence-electron chi connectivity index (χ3n) is 4.50. The first-order valence-corrected chi connectivity index (χ1v) is 10.2. The van der Waals surface area contributed by atoms with E-state index in [9.17, 15) is 19.5 Å². The predicted molar refractivity (Wildman–Crippen MR) is 115 cm³/mol. The van der Waals surface area contributed by atoms with Gasteiger partial charge in [-0.05, 0) is 47.5 Å². The van der Waals surface area contributed by atoms with Gasteiger partial charge in [0.2, 0.25) is 5.91 Å². The Labute approximate surface area is 178 Å². The summed E-state index contributed by atoms with van der Waals surface area (Å²) >= 11 is 0.794. The molecule has 0 spiro atoms. The highest BCUT2D eigenvalue weighted by molar-refractivity contribution is 8.18. The summed E-state index contributed by atoms with van der Waals surface area (Å²) in [6, 6.07) is 16.0. The maximum absolute atomic E-state index is 12.6. The second-order valence-corrected chi connectivity index (χ2v) is 7.67. The van der Waals surface area contributed by atoms with Crippen LogP contribution in [0.4, 0.5) is 4.79 Å². The summed E-state index contributed by atoms with van der Waals surface area (Å²) in [4.78, 5) is 38.4. The van der Waals surface area contributed by atoms with Crippen molar-refractivity contribution in [2.24, 2.45) is 0 Å². The molecule has 0 aromatic heterocycles. The van der Waals surface area contributed by atoms with Crippen LogP contribution in [0, 0.1) is 0 Å². The summed E-state index contributed by atoms with van der Waals surface area (Å²) in [6.07, 6.45) is 2.05. The molecule has 1 saturated heterocycles. The van der Waals surface area contributed by atoms with Crippen molar-refractivity contribution < 1.29 is 24.2 Å². The molecule has 0 bridgehead atoms. The molecule has 30 heavy (non-hydrogen) atoms. The van der Waals surface area contributed by atoms with Gasteiger partial charge in [0.1, 0.15) is 12.3 Å². The molecule has 8 heteroatoms. The van der Waals surface area contributed by atoms with Gasteiger partial charge in [-0.15, -0.1) is 0 Å². The van der Waals surface area contributed by atoms with E-state index < -0.39 is 29.6 Å². The Morgan fingerprint density at radius 2 is 1.87 bits per heavy atom.